The first-order valence-corrected chi connectivity index (χ1v) is 10.3. The van der Waals surface area contributed by atoms with E-state index >= 15 is 0 Å². The van der Waals surface area contributed by atoms with Crippen molar-refractivity contribution in [2.24, 2.45) is 0 Å². The van der Waals surface area contributed by atoms with E-state index in [9.17, 15) is 24.0 Å². The second-order valence-electron chi connectivity index (χ2n) is 7.25. The van der Waals surface area contributed by atoms with Crippen LogP contribution in [-0.2, 0) is 30.4 Å². The van der Waals surface area contributed by atoms with Gasteiger partial charge in [0, 0.05) is 6.04 Å². The van der Waals surface area contributed by atoms with Crippen LogP contribution in [0.5, 0.6) is 0 Å². The summed E-state index contributed by atoms with van der Waals surface area (Å²) in [5.74, 6) is -2.34. The predicted octanol–water partition coefficient (Wildman–Crippen LogP) is -2.19. The molecule has 0 heterocycles. The van der Waals surface area contributed by atoms with E-state index in [4.69, 9.17) is 0 Å². The first-order valence-electron chi connectivity index (χ1n) is 10.3. The molecule has 0 radical (unpaired) electrons. The maximum absolute atomic E-state index is 12.0. The van der Waals surface area contributed by atoms with Crippen LogP contribution in [0.2, 0.25) is 0 Å². The van der Waals surface area contributed by atoms with Gasteiger partial charge in [-0.15, -0.1) is 0 Å². The Morgan fingerprint density at radius 1 is 0.719 bits per heavy atom. The Labute approximate surface area is 187 Å². The highest BCUT2D eigenvalue weighted by Gasteiger charge is 2.17. The zero-order chi connectivity index (χ0) is 23.9. The highest BCUT2D eigenvalue weighted by molar-refractivity contribution is 5.92. The fraction of sp³-hybridized carbons (Fsp3) is 0.476. The van der Waals surface area contributed by atoms with E-state index in [1.165, 1.54) is 6.92 Å². The number of carbonyl (C=O) groups is 5. The molecular weight excluding hydrogens is 416 g/mol. The highest BCUT2D eigenvalue weighted by atomic mass is 16.2. The van der Waals surface area contributed by atoms with Gasteiger partial charge in [0.05, 0.1) is 26.2 Å². The molecule has 0 aromatic heterocycles. The lowest BCUT2D eigenvalue weighted by atomic mass is 10.1. The third-order valence-electron chi connectivity index (χ3n) is 4.22. The number of nitrogens with one attached hydrogen (secondary N) is 6. The standard InChI is InChI=1S/C21H32N6O5/c1-14(9-16-7-5-4-6-8-16)26-19(30)12-24-18(29)11-25-21(32)15(2)27-20(31)13-23-17(28)10-22-3/h4-8,14-15,22H,9-13H2,1-3H3,(H,23,28)(H,24,29)(H,25,32)(H,26,30)(H,27,31). The Hall–Kier alpha value is -3.47. The van der Waals surface area contributed by atoms with Crippen LogP contribution in [0.4, 0.5) is 0 Å². The van der Waals surface area contributed by atoms with Crippen LogP contribution in [0.1, 0.15) is 19.4 Å². The smallest absolute Gasteiger partial charge is 0.242 e. The van der Waals surface area contributed by atoms with Crippen molar-refractivity contribution in [3.8, 4) is 0 Å². The summed E-state index contributed by atoms with van der Waals surface area (Å²) in [6.07, 6.45) is 0.666. The minimum atomic E-state index is -0.904. The van der Waals surface area contributed by atoms with Crippen LogP contribution in [0, 0.1) is 0 Å². The van der Waals surface area contributed by atoms with E-state index in [-0.39, 0.29) is 44.0 Å². The summed E-state index contributed by atoms with van der Waals surface area (Å²) in [7, 11) is 1.60. The van der Waals surface area contributed by atoms with Crippen molar-refractivity contribution < 1.29 is 24.0 Å². The number of hydrogen-bond acceptors (Lipinski definition) is 6. The average Bonchev–Trinajstić information content (AvgIpc) is 2.75. The second kappa shape index (κ2) is 14.5. The van der Waals surface area contributed by atoms with Crippen molar-refractivity contribution in [1.29, 1.82) is 0 Å². The topological polar surface area (TPSA) is 158 Å². The summed E-state index contributed by atoms with van der Waals surface area (Å²) in [4.78, 5) is 58.9. The zero-order valence-electron chi connectivity index (χ0n) is 18.6. The number of hydrogen-bond donors (Lipinski definition) is 6. The van der Waals surface area contributed by atoms with Gasteiger partial charge >= 0.3 is 0 Å². The van der Waals surface area contributed by atoms with Crippen LogP contribution in [0.25, 0.3) is 0 Å². The van der Waals surface area contributed by atoms with Crippen LogP contribution >= 0.6 is 0 Å². The monoisotopic (exact) mass is 448 g/mol. The van der Waals surface area contributed by atoms with E-state index in [2.05, 4.69) is 31.9 Å². The lowest BCUT2D eigenvalue weighted by Crippen LogP contribution is -2.50. The van der Waals surface area contributed by atoms with Gasteiger partial charge in [0.25, 0.3) is 0 Å². The number of likely N-dealkylation sites (N-methyl/N-ethyl adjacent to an activating group) is 1. The predicted molar refractivity (Wildman–Crippen MR) is 118 cm³/mol. The molecular formula is C21H32N6O5. The van der Waals surface area contributed by atoms with Crippen molar-refractivity contribution >= 4 is 29.5 Å². The second-order valence-corrected chi connectivity index (χ2v) is 7.25. The molecule has 11 heteroatoms. The van der Waals surface area contributed by atoms with Crippen molar-refractivity contribution in [3.63, 3.8) is 0 Å². The van der Waals surface area contributed by atoms with E-state index in [1.54, 1.807) is 7.05 Å². The lowest BCUT2D eigenvalue weighted by Gasteiger charge is -2.15. The number of rotatable bonds is 13. The fourth-order valence-electron chi connectivity index (χ4n) is 2.67. The molecule has 5 amide bonds. The molecule has 0 saturated heterocycles. The molecule has 2 atom stereocenters. The quantitative estimate of drug-likeness (QED) is 0.201. The molecule has 1 aromatic carbocycles. The molecule has 0 aliphatic heterocycles. The minimum Gasteiger partial charge on any atom is -0.352 e. The van der Waals surface area contributed by atoms with Gasteiger partial charge in [0.2, 0.25) is 29.5 Å². The first-order chi connectivity index (χ1) is 15.2. The maximum Gasteiger partial charge on any atom is 0.242 e. The molecule has 176 valence electrons. The van der Waals surface area contributed by atoms with Gasteiger partial charge in [-0.1, -0.05) is 30.3 Å². The van der Waals surface area contributed by atoms with Crippen LogP contribution in [-0.4, -0.2) is 74.8 Å². The molecule has 32 heavy (non-hydrogen) atoms. The summed E-state index contributed by atoms with van der Waals surface area (Å²) in [6.45, 7) is 2.56. The van der Waals surface area contributed by atoms with E-state index < -0.39 is 23.8 Å². The molecule has 0 fully saturated rings. The van der Waals surface area contributed by atoms with Gasteiger partial charge in [-0.3, -0.25) is 24.0 Å². The Bertz CT molecular complexity index is 786. The third-order valence-corrected chi connectivity index (χ3v) is 4.22. The first kappa shape index (κ1) is 26.6. The van der Waals surface area contributed by atoms with Crippen molar-refractivity contribution in [1.82, 2.24) is 31.9 Å². The summed E-state index contributed by atoms with van der Waals surface area (Å²) >= 11 is 0. The number of amides is 5. The normalized spacial score (nSPS) is 12.1. The minimum absolute atomic E-state index is 0.0718. The van der Waals surface area contributed by atoms with E-state index in [0.29, 0.717) is 6.42 Å². The molecule has 0 aliphatic carbocycles. The molecule has 0 bridgehead atoms. The van der Waals surface area contributed by atoms with E-state index in [1.807, 2.05) is 37.3 Å². The third kappa shape index (κ3) is 11.6. The van der Waals surface area contributed by atoms with Gasteiger partial charge in [0.1, 0.15) is 6.04 Å². The summed E-state index contributed by atoms with van der Waals surface area (Å²) in [6, 6.07) is 8.70. The molecule has 1 aromatic rings. The molecule has 11 nitrogen and oxygen atoms in total. The lowest BCUT2D eigenvalue weighted by molar-refractivity contribution is -0.130. The highest BCUT2D eigenvalue weighted by Crippen LogP contribution is 2.02. The Morgan fingerprint density at radius 2 is 1.25 bits per heavy atom. The van der Waals surface area contributed by atoms with Gasteiger partial charge < -0.3 is 31.9 Å². The van der Waals surface area contributed by atoms with Crippen molar-refractivity contribution in [2.45, 2.75) is 32.4 Å². The summed E-state index contributed by atoms with van der Waals surface area (Å²) < 4.78 is 0. The van der Waals surface area contributed by atoms with Crippen molar-refractivity contribution in [2.75, 3.05) is 33.2 Å². The van der Waals surface area contributed by atoms with Gasteiger partial charge in [-0.05, 0) is 32.9 Å². The van der Waals surface area contributed by atoms with Gasteiger partial charge in [0.15, 0.2) is 0 Å². The maximum atomic E-state index is 12.0. The summed E-state index contributed by atoms with van der Waals surface area (Å²) in [5.41, 5.74) is 1.09. The Balaban J connectivity index is 2.22. The van der Waals surface area contributed by atoms with E-state index in [0.717, 1.165) is 5.56 Å². The number of benzene rings is 1. The van der Waals surface area contributed by atoms with Gasteiger partial charge in [-0.25, -0.2) is 0 Å². The molecule has 2 unspecified atom stereocenters. The van der Waals surface area contributed by atoms with Gasteiger partial charge in [-0.2, -0.15) is 0 Å². The van der Waals surface area contributed by atoms with Crippen LogP contribution in [0.3, 0.4) is 0 Å². The molecule has 0 aliphatic rings. The van der Waals surface area contributed by atoms with Crippen LogP contribution in [0.15, 0.2) is 30.3 Å². The van der Waals surface area contributed by atoms with Crippen molar-refractivity contribution in [3.05, 3.63) is 35.9 Å². The Morgan fingerprint density at radius 3 is 1.84 bits per heavy atom. The number of carbonyl (C=O) groups excluding carboxylic acids is 5. The molecule has 6 N–H and O–H groups in total. The fourth-order valence-corrected chi connectivity index (χ4v) is 2.67. The Kier molecular flexibility index (Phi) is 12.1. The summed E-state index contributed by atoms with van der Waals surface area (Å²) in [5, 5.41) is 15.0. The SMILES string of the molecule is CNCC(=O)NCC(=O)NC(C)C(=O)NCC(=O)NCC(=O)NC(C)Cc1ccccc1. The molecule has 1 rings (SSSR count). The van der Waals surface area contributed by atoms with Crippen LogP contribution < -0.4 is 31.9 Å². The molecule has 0 saturated carbocycles. The zero-order valence-corrected chi connectivity index (χ0v) is 18.6. The average molecular weight is 449 g/mol. The largest absolute Gasteiger partial charge is 0.352 e. The molecule has 0 spiro atoms.